The number of likely N-dealkylation sites (tertiary alicyclic amines) is 2. The smallest absolute Gasteiger partial charge is 0.242 e. The largest absolute Gasteiger partial charge is 0.341 e. The molecule has 4 heteroatoms. The SMILES string of the molecule is C[C@@H]1CCCN(C(=O)CN2CCCCC2=O)C1. The molecule has 17 heavy (non-hydrogen) atoms. The fourth-order valence-corrected chi connectivity index (χ4v) is 2.71. The zero-order chi connectivity index (χ0) is 12.3. The van der Waals surface area contributed by atoms with Crippen molar-refractivity contribution in [1.82, 2.24) is 9.80 Å². The topological polar surface area (TPSA) is 40.6 Å². The summed E-state index contributed by atoms with van der Waals surface area (Å²) in [5, 5.41) is 0. The van der Waals surface area contributed by atoms with E-state index in [1.807, 2.05) is 4.90 Å². The van der Waals surface area contributed by atoms with Crippen LogP contribution >= 0.6 is 0 Å². The number of rotatable bonds is 2. The number of nitrogens with zero attached hydrogens (tertiary/aromatic N) is 2. The van der Waals surface area contributed by atoms with Crippen LogP contribution in [0.1, 0.15) is 39.0 Å². The summed E-state index contributed by atoms with van der Waals surface area (Å²) >= 11 is 0. The van der Waals surface area contributed by atoms with Crippen LogP contribution < -0.4 is 0 Å². The highest BCUT2D eigenvalue weighted by Crippen LogP contribution is 2.16. The van der Waals surface area contributed by atoms with Crippen molar-refractivity contribution in [2.45, 2.75) is 39.0 Å². The maximum atomic E-state index is 12.1. The van der Waals surface area contributed by atoms with Crippen molar-refractivity contribution >= 4 is 11.8 Å². The summed E-state index contributed by atoms with van der Waals surface area (Å²) in [6, 6.07) is 0. The lowest BCUT2D eigenvalue weighted by atomic mass is 10.0. The summed E-state index contributed by atoms with van der Waals surface area (Å²) < 4.78 is 0. The quantitative estimate of drug-likeness (QED) is 0.726. The molecule has 0 N–H and O–H groups in total. The lowest BCUT2D eigenvalue weighted by Crippen LogP contribution is -2.47. The molecule has 0 aromatic rings. The Labute approximate surface area is 103 Å². The molecule has 2 aliphatic heterocycles. The summed E-state index contributed by atoms with van der Waals surface area (Å²) in [5.74, 6) is 0.881. The minimum atomic E-state index is 0.131. The predicted octanol–water partition coefficient (Wildman–Crippen LogP) is 1.26. The summed E-state index contributed by atoms with van der Waals surface area (Å²) in [5.41, 5.74) is 0. The molecule has 0 bridgehead atoms. The van der Waals surface area contributed by atoms with Crippen LogP contribution in [-0.2, 0) is 9.59 Å². The van der Waals surface area contributed by atoms with E-state index in [1.165, 1.54) is 6.42 Å². The zero-order valence-corrected chi connectivity index (χ0v) is 10.7. The van der Waals surface area contributed by atoms with Crippen molar-refractivity contribution in [3.8, 4) is 0 Å². The average Bonchev–Trinajstić information content (AvgIpc) is 2.32. The number of carbonyl (C=O) groups is 2. The fourth-order valence-electron chi connectivity index (χ4n) is 2.71. The minimum Gasteiger partial charge on any atom is -0.341 e. The molecule has 0 saturated carbocycles. The van der Waals surface area contributed by atoms with Crippen LogP contribution in [0.5, 0.6) is 0 Å². The standard InChI is InChI=1S/C13H22N2O2/c1-11-5-4-8-14(9-11)13(17)10-15-7-3-2-6-12(15)16/h11H,2-10H2,1H3/t11-/m1/s1. The summed E-state index contributed by atoms with van der Waals surface area (Å²) in [7, 11) is 0. The maximum Gasteiger partial charge on any atom is 0.242 e. The van der Waals surface area contributed by atoms with Gasteiger partial charge in [0.1, 0.15) is 0 Å². The Morgan fingerprint density at radius 1 is 1.29 bits per heavy atom. The van der Waals surface area contributed by atoms with Crippen molar-refractivity contribution in [1.29, 1.82) is 0 Å². The Hall–Kier alpha value is -1.06. The summed E-state index contributed by atoms with van der Waals surface area (Å²) in [4.78, 5) is 27.4. The molecule has 2 aliphatic rings. The predicted molar refractivity (Wildman–Crippen MR) is 65.4 cm³/mol. The van der Waals surface area contributed by atoms with E-state index < -0.39 is 0 Å². The Kier molecular flexibility index (Phi) is 4.02. The van der Waals surface area contributed by atoms with E-state index in [9.17, 15) is 9.59 Å². The Morgan fingerprint density at radius 2 is 2.12 bits per heavy atom. The van der Waals surface area contributed by atoms with Crippen molar-refractivity contribution in [2.75, 3.05) is 26.2 Å². The van der Waals surface area contributed by atoms with Crippen LogP contribution in [0, 0.1) is 5.92 Å². The van der Waals surface area contributed by atoms with Gasteiger partial charge >= 0.3 is 0 Å². The highest BCUT2D eigenvalue weighted by Gasteiger charge is 2.25. The highest BCUT2D eigenvalue weighted by molar-refractivity contribution is 5.85. The Morgan fingerprint density at radius 3 is 2.82 bits per heavy atom. The van der Waals surface area contributed by atoms with Gasteiger partial charge in [-0.05, 0) is 31.6 Å². The second-order valence-electron chi connectivity index (χ2n) is 5.36. The van der Waals surface area contributed by atoms with Gasteiger partial charge in [0.2, 0.25) is 11.8 Å². The molecule has 0 spiro atoms. The Balaban J connectivity index is 1.85. The van der Waals surface area contributed by atoms with Gasteiger partial charge in [-0.15, -0.1) is 0 Å². The molecular weight excluding hydrogens is 216 g/mol. The fraction of sp³-hybridized carbons (Fsp3) is 0.846. The third-order valence-electron chi connectivity index (χ3n) is 3.76. The first-order valence-electron chi connectivity index (χ1n) is 6.72. The van der Waals surface area contributed by atoms with Gasteiger partial charge in [0.05, 0.1) is 6.54 Å². The zero-order valence-electron chi connectivity index (χ0n) is 10.7. The molecule has 2 fully saturated rings. The molecule has 2 saturated heterocycles. The van der Waals surface area contributed by atoms with E-state index in [4.69, 9.17) is 0 Å². The molecule has 0 aromatic carbocycles. The van der Waals surface area contributed by atoms with E-state index in [0.717, 1.165) is 38.9 Å². The number of amides is 2. The average molecular weight is 238 g/mol. The van der Waals surface area contributed by atoms with E-state index in [2.05, 4.69) is 6.92 Å². The van der Waals surface area contributed by atoms with Gasteiger partial charge in [-0.2, -0.15) is 0 Å². The first-order chi connectivity index (χ1) is 8.16. The lowest BCUT2D eigenvalue weighted by Gasteiger charge is -2.33. The van der Waals surface area contributed by atoms with Gasteiger partial charge in [0, 0.05) is 26.1 Å². The normalized spacial score (nSPS) is 26.2. The number of carbonyl (C=O) groups excluding carboxylic acids is 2. The van der Waals surface area contributed by atoms with Gasteiger partial charge in [-0.3, -0.25) is 9.59 Å². The highest BCUT2D eigenvalue weighted by atomic mass is 16.2. The van der Waals surface area contributed by atoms with Gasteiger partial charge in [0.25, 0.3) is 0 Å². The summed E-state index contributed by atoms with van der Waals surface area (Å²) in [6.45, 7) is 4.97. The molecule has 4 nitrogen and oxygen atoms in total. The molecule has 2 amide bonds. The molecule has 0 aliphatic carbocycles. The van der Waals surface area contributed by atoms with E-state index in [-0.39, 0.29) is 11.8 Å². The third-order valence-corrected chi connectivity index (χ3v) is 3.76. The number of hydrogen-bond donors (Lipinski definition) is 0. The van der Waals surface area contributed by atoms with E-state index >= 15 is 0 Å². The molecule has 2 rings (SSSR count). The van der Waals surface area contributed by atoms with Gasteiger partial charge in [-0.25, -0.2) is 0 Å². The molecule has 0 aromatic heterocycles. The molecule has 1 atom stereocenters. The second kappa shape index (κ2) is 5.52. The van der Waals surface area contributed by atoms with E-state index in [1.54, 1.807) is 4.90 Å². The van der Waals surface area contributed by atoms with Crippen LogP contribution in [0.25, 0.3) is 0 Å². The third kappa shape index (κ3) is 3.20. The van der Waals surface area contributed by atoms with Crippen LogP contribution in [-0.4, -0.2) is 47.8 Å². The number of piperidine rings is 2. The Bertz CT molecular complexity index is 304. The van der Waals surface area contributed by atoms with Gasteiger partial charge < -0.3 is 9.80 Å². The van der Waals surface area contributed by atoms with Crippen LogP contribution in [0.4, 0.5) is 0 Å². The summed E-state index contributed by atoms with van der Waals surface area (Å²) in [6.07, 6.45) is 4.94. The van der Waals surface area contributed by atoms with Gasteiger partial charge in [-0.1, -0.05) is 6.92 Å². The van der Waals surface area contributed by atoms with Crippen LogP contribution in [0.15, 0.2) is 0 Å². The first-order valence-corrected chi connectivity index (χ1v) is 6.72. The molecule has 96 valence electrons. The molecule has 2 heterocycles. The second-order valence-corrected chi connectivity index (χ2v) is 5.36. The lowest BCUT2D eigenvalue weighted by molar-refractivity contribution is -0.142. The monoisotopic (exact) mass is 238 g/mol. The van der Waals surface area contributed by atoms with Gasteiger partial charge in [0.15, 0.2) is 0 Å². The molecular formula is C13H22N2O2. The van der Waals surface area contributed by atoms with Crippen LogP contribution in [0.3, 0.4) is 0 Å². The van der Waals surface area contributed by atoms with Crippen molar-refractivity contribution in [3.63, 3.8) is 0 Å². The van der Waals surface area contributed by atoms with Crippen molar-refractivity contribution in [2.24, 2.45) is 5.92 Å². The molecule has 0 unspecified atom stereocenters. The van der Waals surface area contributed by atoms with E-state index in [0.29, 0.717) is 18.9 Å². The maximum absolute atomic E-state index is 12.1. The number of hydrogen-bond acceptors (Lipinski definition) is 2. The first kappa shape index (κ1) is 12.4. The van der Waals surface area contributed by atoms with Crippen molar-refractivity contribution < 1.29 is 9.59 Å². The van der Waals surface area contributed by atoms with Crippen molar-refractivity contribution in [3.05, 3.63) is 0 Å². The molecule has 0 radical (unpaired) electrons. The minimum absolute atomic E-state index is 0.131. The van der Waals surface area contributed by atoms with Crippen LogP contribution in [0.2, 0.25) is 0 Å².